The molecule has 0 atom stereocenters. The zero-order valence-electron chi connectivity index (χ0n) is 17.2. The van der Waals surface area contributed by atoms with Crippen molar-refractivity contribution in [3.63, 3.8) is 0 Å². The average Bonchev–Trinajstić information content (AvgIpc) is 3.15. The molecule has 0 radical (unpaired) electrons. The minimum atomic E-state index is -5.10. The van der Waals surface area contributed by atoms with Crippen molar-refractivity contribution in [1.29, 1.82) is 0 Å². The zero-order valence-corrected chi connectivity index (χ0v) is 22.9. The first-order valence-corrected chi connectivity index (χ1v) is 10.2. The summed E-state index contributed by atoms with van der Waals surface area (Å²) in [5, 5.41) is 0. The summed E-state index contributed by atoms with van der Waals surface area (Å²) in [7, 11) is -0.484. The van der Waals surface area contributed by atoms with Gasteiger partial charge in [-0.2, -0.15) is 4.37 Å². The molecule has 30 heavy (non-hydrogen) atoms. The molecule has 0 amide bonds. The van der Waals surface area contributed by atoms with Crippen molar-refractivity contribution in [3.05, 3.63) is 42.6 Å². The molecule has 0 aliphatic carbocycles. The topological polar surface area (TPSA) is 113 Å². The van der Waals surface area contributed by atoms with Crippen LogP contribution in [0.3, 0.4) is 0 Å². The van der Waals surface area contributed by atoms with Crippen molar-refractivity contribution < 1.29 is 92.2 Å². The van der Waals surface area contributed by atoms with Crippen LogP contribution in [0.15, 0.2) is 42.6 Å². The van der Waals surface area contributed by atoms with Crippen LogP contribution >= 0.6 is 19.4 Å². The smallest absolute Gasteiger partial charge is 0.780 e. The molecular formula is C18H16NNa2O7PS. The molecule has 0 bridgehead atoms. The van der Waals surface area contributed by atoms with Crippen LogP contribution in [0.5, 0.6) is 23.0 Å². The molecule has 1 heterocycles. The third-order valence-corrected chi connectivity index (χ3v) is 5.16. The summed E-state index contributed by atoms with van der Waals surface area (Å²) in [5.41, 5.74) is 2.41. The minimum absolute atomic E-state index is 0. The molecule has 0 fully saturated rings. The average molecular weight is 467 g/mol. The van der Waals surface area contributed by atoms with Gasteiger partial charge in [0.2, 0.25) is 5.75 Å². The normalized spacial score (nSPS) is 10.4. The fourth-order valence-electron chi connectivity index (χ4n) is 2.69. The van der Waals surface area contributed by atoms with E-state index in [4.69, 9.17) is 14.2 Å². The summed E-state index contributed by atoms with van der Waals surface area (Å²) >= 11 is 1.29. The van der Waals surface area contributed by atoms with E-state index in [1.165, 1.54) is 45.0 Å². The Morgan fingerprint density at radius 2 is 1.47 bits per heavy atom. The second kappa shape index (κ2) is 11.9. The Morgan fingerprint density at radius 3 is 1.93 bits per heavy atom. The van der Waals surface area contributed by atoms with Crippen molar-refractivity contribution in [2.45, 2.75) is 0 Å². The zero-order chi connectivity index (χ0) is 20.3. The molecule has 148 valence electrons. The van der Waals surface area contributed by atoms with Crippen molar-refractivity contribution in [2.75, 3.05) is 21.3 Å². The predicted octanol–water partition coefficient (Wildman–Crippen LogP) is -3.28. The summed E-state index contributed by atoms with van der Waals surface area (Å²) in [5.74, 6) is 1.47. The molecule has 0 saturated heterocycles. The summed E-state index contributed by atoms with van der Waals surface area (Å²) < 4.78 is 35.5. The van der Waals surface area contributed by atoms with Gasteiger partial charge in [-0.05, 0) is 41.4 Å². The number of hydrogen-bond donors (Lipinski definition) is 0. The summed E-state index contributed by atoms with van der Waals surface area (Å²) in [4.78, 5) is 22.3. The molecule has 0 spiro atoms. The third-order valence-electron chi connectivity index (χ3n) is 3.88. The Bertz CT molecular complexity index is 999. The van der Waals surface area contributed by atoms with Crippen LogP contribution in [0.4, 0.5) is 0 Å². The van der Waals surface area contributed by atoms with Gasteiger partial charge in [0.25, 0.3) is 0 Å². The van der Waals surface area contributed by atoms with Crippen LogP contribution in [0.25, 0.3) is 21.6 Å². The molecule has 0 unspecified atom stereocenters. The number of benzene rings is 2. The van der Waals surface area contributed by atoms with E-state index in [2.05, 4.69) is 8.90 Å². The van der Waals surface area contributed by atoms with Gasteiger partial charge in [-0.25, -0.2) is 0 Å². The number of aromatic nitrogens is 1. The molecule has 1 aromatic heterocycles. The fraction of sp³-hybridized carbons (Fsp3) is 0.167. The molecule has 8 nitrogen and oxygen atoms in total. The fourth-order valence-corrected chi connectivity index (χ4v) is 3.83. The maximum Gasteiger partial charge on any atom is 1.00 e. The van der Waals surface area contributed by atoms with E-state index in [0.29, 0.717) is 17.2 Å². The van der Waals surface area contributed by atoms with Crippen molar-refractivity contribution >= 4 is 19.4 Å². The van der Waals surface area contributed by atoms with E-state index in [1.54, 1.807) is 18.3 Å². The standard InChI is InChI=1S/C18H18NO7PS.2Na/c1-23-15-8-12(9-16(24-2)17(15)25-3)18-14(10-19-28-18)11-4-6-13(7-5-11)26-27(20,21)22;;/h4-10H,1-3H3,(H2,20,21,22);;/q;2*+1/p-2. The molecule has 0 N–H and O–H groups in total. The molecule has 12 heteroatoms. The molecule has 3 rings (SSSR count). The Labute approximate surface area is 222 Å². The molecule has 0 saturated carbocycles. The van der Waals surface area contributed by atoms with Gasteiger partial charge < -0.3 is 33.1 Å². The first-order valence-electron chi connectivity index (χ1n) is 7.93. The predicted molar refractivity (Wildman–Crippen MR) is 101 cm³/mol. The number of methoxy groups -OCH3 is 3. The first kappa shape index (κ1) is 27.5. The molecule has 0 aliphatic rings. The van der Waals surface area contributed by atoms with Crippen LogP contribution in [0, 0.1) is 0 Å². The van der Waals surface area contributed by atoms with Gasteiger partial charge in [0, 0.05) is 17.3 Å². The van der Waals surface area contributed by atoms with Gasteiger partial charge in [-0.15, -0.1) is 0 Å². The second-order valence-electron chi connectivity index (χ2n) is 5.55. The molecule has 2 aromatic carbocycles. The van der Waals surface area contributed by atoms with E-state index in [1.807, 2.05) is 12.1 Å². The van der Waals surface area contributed by atoms with E-state index in [9.17, 15) is 14.4 Å². The van der Waals surface area contributed by atoms with Crippen LogP contribution in [-0.2, 0) is 4.57 Å². The quantitative estimate of drug-likeness (QED) is 0.263. The number of rotatable bonds is 7. The van der Waals surface area contributed by atoms with Crippen LogP contribution in [0.1, 0.15) is 0 Å². The van der Waals surface area contributed by atoms with Gasteiger partial charge in [0.05, 0.1) is 26.2 Å². The van der Waals surface area contributed by atoms with Crippen molar-refractivity contribution in [1.82, 2.24) is 4.37 Å². The van der Waals surface area contributed by atoms with Crippen LogP contribution < -0.4 is 87.6 Å². The van der Waals surface area contributed by atoms with E-state index in [-0.39, 0.29) is 64.9 Å². The Morgan fingerprint density at radius 1 is 0.900 bits per heavy atom. The first-order chi connectivity index (χ1) is 13.4. The number of phosphoric acid groups is 1. The summed E-state index contributed by atoms with van der Waals surface area (Å²) in [6, 6.07) is 9.76. The minimum Gasteiger partial charge on any atom is -0.780 e. The van der Waals surface area contributed by atoms with Gasteiger partial charge in [0.15, 0.2) is 11.5 Å². The Kier molecular flexibility index (Phi) is 10.9. The van der Waals surface area contributed by atoms with Crippen LogP contribution in [0.2, 0.25) is 0 Å². The SMILES string of the molecule is COc1cc(-c2sncc2-c2ccc(OP(=O)([O-])[O-])cc2)cc(OC)c1OC.[Na+].[Na+]. The number of phosphoric ester groups is 1. The van der Waals surface area contributed by atoms with E-state index < -0.39 is 7.82 Å². The van der Waals surface area contributed by atoms with Gasteiger partial charge in [0.1, 0.15) is 13.6 Å². The summed E-state index contributed by atoms with van der Waals surface area (Å²) in [6.45, 7) is 0. The van der Waals surface area contributed by atoms with Crippen molar-refractivity contribution in [2.24, 2.45) is 0 Å². The van der Waals surface area contributed by atoms with Gasteiger partial charge >= 0.3 is 59.1 Å². The molecule has 0 aliphatic heterocycles. The number of ether oxygens (including phenoxy) is 3. The molecular weight excluding hydrogens is 451 g/mol. The second-order valence-corrected chi connectivity index (χ2v) is 7.42. The molecule has 3 aromatic rings. The third kappa shape index (κ3) is 6.46. The summed E-state index contributed by atoms with van der Waals surface area (Å²) in [6.07, 6.45) is 1.70. The maximum absolute atomic E-state index is 10.7. The van der Waals surface area contributed by atoms with E-state index >= 15 is 0 Å². The van der Waals surface area contributed by atoms with E-state index in [0.717, 1.165) is 21.6 Å². The Balaban J connectivity index is 0.00000225. The van der Waals surface area contributed by atoms with Crippen molar-refractivity contribution in [3.8, 4) is 44.6 Å². The number of hydrogen-bond acceptors (Lipinski definition) is 9. The van der Waals surface area contributed by atoms with Crippen LogP contribution in [-0.4, -0.2) is 25.7 Å². The van der Waals surface area contributed by atoms with Gasteiger partial charge in [-0.3, -0.25) is 0 Å². The Hall–Kier alpha value is -0.580. The maximum atomic E-state index is 10.7. The number of nitrogens with zero attached hydrogens (tertiary/aromatic N) is 1. The largest absolute Gasteiger partial charge is 1.00 e. The monoisotopic (exact) mass is 467 g/mol. The van der Waals surface area contributed by atoms with Gasteiger partial charge in [-0.1, -0.05) is 12.1 Å².